The van der Waals surface area contributed by atoms with E-state index in [1.54, 1.807) is 7.11 Å². The van der Waals surface area contributed by atoms with Crippen molar-refractivity contribution in [3.8, 4) is 11.5 Å². The van der Waals surface area contributed by atoms with Gasteiger partial charge in [0.15, 0.2) is 23.4 Å². The summed E-state index contributed by atoms with van der Waals surface area (Å²) in [4.78, 5) is 12.3. The van der Waals surface area contributed by atoms with E-state index >= 15 is 0 Å². The summed E-state index contributed by atoms with van der Waals surface area (Å²) in [6.07, 6.45) is 2.33. The molecule has 0 aromatic heterocycles. The number of hydrogen-bond acceptors (Lipinski definition) is 4. The van der Waals surface area contributed by atoms with Gasteiger partial charge in [-0.25, -0.2) is 0 Å². The van der Waals surface area contributed by atoms with Gasteiger partial charge in [-0.15, -0.1) is 0 Å². The van der Waals surface area contributed by atoms with Crippen molar-refractivity contribution in [3.63, 3.8) is 0 Å². The first-order valence-electron chi connectivity index (χ1n) is 7.87. The maximum Gasteiger partial charge on any atom is 0.173 e. The van der Waals surface area contributed by atoms with Crippen molar-refractivity contribution in [2.24, 2.45) is 5.92 Å². The molecule has 2 aliphatic carbocycles. The molecule has 4 heteroatoms. The van der Waals surface area contributed by atoms with Gasteiger partial charge in [0.2, 0.25) is 0 Å². The standard InChI is InChI=1S/C17H21NO3/c1-3-18-11-8-9-4-7-13(20-2)17-14(9)15-10(11)5-6-12(19)16(15)21-17/h4,7,10-11,15-16,18H,3,5-6,8H2,1-2H3/t10?,11?,15?,16-/m0/s1. The minimum absolute atomic E-state index is 0.212. The molecule has 4 atom stereocenters. The summed E-state index contributed by atoms with van der Waals surface area (Å²) in [5, 5.41) is 3.61. The zero-order chi connectivity index (χ0) is 14.6. The van der Waals surface area contributed by atoms with Gasteiger partial charge in [-0.05, 0) is 36.9 Å². The van der Waals surface area contributed by atoms with E-state index in [1.807, 2.05) is 6.07 Å². The molecule has 0 amide bonds. The van der Waals surface area contributed by atoms with E-state index in [9.17, 15) is 4.79 Å². The molecule has 1 aromatic rings. The number of Topliss-reactive ketones (excluding diaryl/α,β-unsaturated/α-hetero) is 1. The van der Waals surface area contributed by atoms with E-state index in [-0.39, 0.29) is 17.8 Å². The van der Waals surface area contributed by atoms with Crippen LogP contribution in [0.2, 0.25) is 0 Å². The van der Waals surface area contributed by atoms with Crippen molar-refractivity contribution >= 4 is 5.78 Å². The lowest BCUT2D eigenvalue weighted by Gasteiger charge is -2.41. The van der Waals surface area contributed by atoms with Crippen LogP contribution in [0, 0.1) is 5.92 Å². The van der Waals surface area contributed by atoms with Crippen molar-refractivity contribution in [1.29, 1.82) is 0 Å². The fourth-order valence-electron chi connectivity index (χ4n) is 4.46. The molecule has 1 heterocycles. The van der Waals surface area contributed by atoms with Crippen LogP contribution in [0.25, 0.3) is 0 Å². The summed E-state index contributed by atoms with van der Waals surface area (Å²) < 4.78 is 11.5. The quantitative estimate of drug-likeness (QED) is 0.924. The van der Waals surface area contributed by atoms with Crippen LogP contribution in [0.5, 0.6) is 11.5 Å². The third-order valence-electron chi connectivity index (χ3n) is 5.30. The van der Waals surface area contributed by atoms with Crippen molar-refractivity contribution in [1.82, 2.24) is 5.32 Å². The second-order valence-corrected chi connectivity index (χ2v) is 6.27. The maximum absolute atomic E-state index is 12.3. The van der Waals surface area contributed by atoms with Gasteiger partial charge in [-0.2, -0.15) is 0 Å². The third-order valence-corrected chi connectivity index (χ3v) is 5.30. The van der Waals surface area contributed by atoms with Gasteiger partial charge in [-0.3, -0.25) is 4.79 Å². The number of ether oxygens (including phenoxy) is 2. The average molecular weight is 287 g/mol. The Hall–Kier alpha value is -1.55. The number of nitrogens with one attached hydrogen (secondary N) is 1. The lowest BCUT2D eigenvalue weighted by atomic mass is 9.65. The number of carbonyl (C=O) groups excluding carboxylic acids is 1. The molecule has 0 saturated heterocycles. The molecule has 3 aliphatic rings. The van der Waals surface area contributed by atoms with Gasteiger partial charge >= 0.3 is 0 Å². The van der Waals surface area contributed by atoms with Gasteiger partial charge in [-0.1, -0.05) is 13.0 Å². The highest BCUT2D eigenvalue weighted by Gasteiger charge is 2.52. The van der Waals surface area contributed by atoms with Crippen LogP contribution in [0.3, 0.4) is 0 Å². The molecule has 0 spiro atoms. The van der Waals surface area contributed by atoms with E-state index in [0.29, 0.717) is 18.4 Å². The first-order chi connectivity index (χ1) is 10.2. The predicted octanol–water partition coefficient (Wildman–Crippen LogP) is 2.05. The van der Waals surface area contributed by atoms with Gasteiger partial charge in [0.25, 0.3) is 0 Å². The Bertz CT molecular complexity index is 598. The Morgan fingerprint density at radius 2 is 2.29 bits per heavy atom. The summed E-state index contributed by atoms with van der Waals surface area (Å²) in [6, 6.07) is 4.56. The minimum Gasteiger partial charge on any atom is -0.493 e. The molecule has 1 saturated carbocycles. The number of ketones is 1. The van der Waals surface area contributed by atoms with Crippen LogP contribution in [0.15, 0.2) is 12.1 Å². The van der Waals surface area contributed by atoms with Gasteiger partial charge in [0.1, 0.15) is 0 Å². The van der Waals surface area contributed by atoms with Crippen LogP contribution < -0.4 is 14.8 Å². The molecule has 1 aliphatic heterocycles. The lowest BCUT2D eigenvalue weighted by Crippen LogP contribution is -2.50. The number of methoxy groups -OCH3 is 1. The highest BCUT2D eigenvalue weighted by molar-refractivity contribution is 5.87. The topological polar surface area (TPSA) is 47.6 Å². The third kappa shape index (κ3) is 1.75. The number of hydrogen-bond donors (Lipinski definition) is 1. The van der Waals surface area contributed by atoms with Crippen molar-refractivity contribution in [3.05, 3.63) is 23.3 Å². The average Bonchev–Trinajstić information content (AvgIpc) is 2.90. The second kappa shape index (κ2) is 4.73. The first-order valence-corrected chi connectivity index (χ1v) is 7.87. The number of carbonyl (C=O) groups is 1. The van der Waals surface area contributed by atoms with Crippen molar-refractivity contribution in [2.75, 3.05) is 13.7 Å². The maximum atomic E-state index is 12.3. The molecular weight excluding hydrogens is 266 g/mol. The summed E-state index contributed by atoms with van der Waals surface area (Å²) in [5.74, 6) is 2.53. The molecule has 1 fully saturated rings. The number of likely N-dealkylation sites (N-methyl/N-ethyl adjacent to an activating group) is 1. The van der Waals surface area contributed by atoms with Crippen LogP contribution in [-0.4, -0.2) is 31.6 Å². The van der Waals surface area contributed by atoms with E-state index < -0.39 is 0 Å². The smallest absolute Gasteiger partial charge is 0.173 e. The Balaban J connectivity index is 1.85. The Morgan fingerprint density at radius 3 is 3.05 bits per heavy atom. The van der Waals surface area contributed by atoms with Crippen molar-refractivity contribution in [2.45, 2.75) is 44.2 Å². The zero-order valence-corrected chi connectivity index (χ0v) is 12.5. The van der Waals surface area contributed by atoms with Crippen LogP contribution in [0.4, 0.5) is 0 Å². The molecule has 3 unspecified atom stereocenters. The number of benzene rings is 1. The van der Waals surface area contributed by atoms with Gasteiger partial charge < -0.3 is 14.8 Å². The minimum atomic E-state index is -0.296. The lowest BCUT2D eigenvalue weighted by molar-refractivity contribution is -0.129. The largest absolute Gasteiger partial charge is 0.493 e. The first kappa shape index (κ1) is 13.1. The van der Waals surface area contributed by atoms with E-state index in [1.165, 1.54) is 11.1 Å². The molecule has 4 nitrogen and oxygen atoms in total. The van der Waals surface area contributed by atoms with E-state index in [0.717, 1.165) is 30.9 Å². The summed E-state index contributed by atoms with van der Waals surface area (Å²) >= 11 is 0. The summed E-state index contributed by atoms with van der Waals surface area (Å²) in [6.45, 7) is 3.11. The van der Waals surface area contributed by atoms with Crippen LogP contribution >= 0.6 is 0 Å². The zero-order valence-electron chi connectivity index (χ0n) is 12.5. The molecule has 0 bridgehead atoms. The second-order valence-electron chi connectivity index (χ2n) is 6.27. The molecule has 21 heavy (non-hydrogen) atoms. The fraction of sp³-hybridized carbons (Fsp3) is 0.588. The molecule has 112 valence electrons. The Labute approximate surface area is 124 Å². The normalized spacial score (nSPS) is 32.6. The van der Waals surface area contributed by atoms with E-state index in [2.05, 4.69) is 18.3 Å². The van der Waals surface area contributed by atoms with Crippen molar-refractivity contribution < 1.29 is 14.3 Å². The molecule has 0 radical (unpaired) electrons. The van der Waals surface area contributed by atoms with E-state index in [4.69, 9.17) is 9.47 Å². The van der Waals surface area contributed by atoms with Crippen LogP contribution in [0.1, 0.15) is 36.8 Å². The fourth-order valence-corrected chi connectivity index (χ4v) is 4.46. The molecule has 1 N–H and O–H groups in total. The van der Waals surface area contributed by atoms with Gasteiger partial charge in [0, 0.05) is 23.9 Å². The Kier molecular flexibility index (Phi) is 2.96. The van der Waals surface area contributed by atoms with Crippen LogP contribution in [-0.2, 0) is 11.2 Å². The SMILES string of the molecule is CCNC1Cc2ccc(OC)c3c2C2C1CCC(=O)[C@@H]2O3. The summed E-state index contributed by atoms with van der Waals surface area (Å²) in [5.41, 5.74) is 2.56. The van der Waals surface area contributed by atoms with Gasteiger partial charge in [0.05, 0.1) is 7.11 Å². The monoisotopic (exact) mass is 287 g/mol. The Morgan fingerprint density at radius 1 is 1.43 bits per heavy atom. The number of rotatable bonds is 3. The predicted molar refractivity (Wildman–Crippen MR) is 79.1 cm³/mol. The highest BCUT2D eigenvalue weighted by atomic mass is 16.5. The molecular formula is C17H21NO3. The molecule has 4 rings (SSSR count). The molecule has 1 aromatic carbocycles. The highest BCUT2D eigenvalue weighted by Crippen LogP contribution is 2.55. The summed E-state index contributed by atoms with van der Waals surface area (Å²) in [7, 11) is 1.66.